The van der Waals surface area contributed by atoms with Crippen LogP contribution in [0.3, 0.4) is 0 Å². The van der Waals surface area contributed by atoms with Crippen LogP contribution < -0.4 is 5.32 Å². The van der Waals surface area contributed by atoms with E-state index in [4.69, 9.17) is 4.74 Å². The van der Waals surface area contributed by atoms with E-state index in [2.05, 4.69) is 46.7 Å². The van der Waals surface area contributed by atoms with E-state index in [0.717, 1.165) is 36.6 Å². The molecule has 1 aliphatic heterocycles. The number of hydrogen-bond donors (Lipinski definition) is 2. The standard InChI is InChI=1S/C15H19N3O/c1-11(13-6-8-19-10-13)17-14-4-2-3-12(9-14)15-5-7-16-18-15/h2-5,7,9,11,13,17H,6,8,10H2,1H3,(H,16,18)/t11-,13-/m1/s1. The predicted octanol–water partition coefficient (Wildman–Crippen LogP) is 2.91. The topological polar surface area (TPSA) is 49.9 Å². The number of benzene rings is 1. The highest BCUT2D eigenvalue weighted by molar-refractivity contribution is 5.64. The van der Waals surface area contributed by atoms with Gasteiger partial charge < -0.3 is 10.1 Å². The number of nitrogens with one attached hydrogen (secondary N) is 2. The minimum absolute atomic E-state index is 0.430. The maximum Gasteiger partial charge on any atom is 0.0650 e. The first-order valence-corrected chi connectivity index (χ1v) is 6.77. The lowest BCUT2D eigenvalue weighted by Crippen LogP contribution is -2.26. The third-order valence-electron chi connectivity index (χ3n) is 3.74. The first-order chi connectivity index (χ1) is 9.33. The molecule has 4 heteroatoms. The third kappa shape index (κ3) is 2.79. The number of hydrogen-bond acceptors (Lipinski definition) is 3. The molecule has 2 N–H and O–H groups in total. The van der Waals surface area contributed by atoms with E-state index in [9.17, 15) is 0 Å². The van der Waals surface area contributed by atoms with Gasteiger partial charge in [0.2, 0.25) is 0 Å². The number of H-pyrrole nitrogens is 1. The normalized spacial score (nSPS) is 20.4. The van der Waals surface area contributed by atoms with Crippen LogP contribution in [-0.2, 0) is 4.74 Å². The molecule has 0 unspecified atom stereocenters. The summed E-state index contributed by atoms with van der Waals surface area (Å²) in [6, 6.07) is 10.8. The predicted molar refractivity (Wildman–Crippen MR) is 76.0 cm³/mol. The average Bonchev–Trinajstić information content (AvgIpc) is 3.13. The molecule has 1 fully saturated rings. The second-order valence-corrected chi connectivity index (χ2v) is 5.11. The number of nitrogens with zero attached hydrogens (tertiary/aromatic N) is 1. The fourth-order valence-electron chi connectivity index (χ4n) is 2.52. The summed E-state index contributed by atoms with van der Waals surface area (Å²) in [6.07, 6.45) is 2.92. The summed E-state index contributed by atoms with van der Waals surface area (Å²) in [5.41, 5.74) is 3.34. The smallest absolute Gasteiger partial charge is 0.0650 e. The van der Waals surface area contributed by atoms with Gasteiger partial charge in [-0.05, 0) is 31.5 Å². The maximum atomic E-state index is 5.45. The molecule has 0 radical (unpaired) electrons. The molecule has 100 valence electrons. The first kappa shape index (κ1) is 12.2. The molecule has 2 atom stereocenters. The summed E-state index contributed by atoms with van der Waals surface area (Å²) in [6.45, 7) is 3.99. The molecule has 19 heavy (non-hydrogen) atoms. The number of aromatic nitrogens is 2. The molecule has 4 nitrogen and oxygen atoms in total. The van der Waals surface area contributed by atoms with Crippen molar-refractivity contribution in [2.75, 3.05) is 18.5 Å². The monoisotopic (exact) mass is 257 g/mol. The molecule has 1 aromatic heterocycles. The van der Waals surface area contributed by atoms with Crippen LogP contribution in [0.25, 0.3) is 11.3 Å². The van der Waals surface area contributed by atoms with Crippen molar-refractivity contribution >= 4 is 5.69 Å². The number of aromatic amines is 1. The molecule has 0 saturated carbocycles. The van der Waals surface area contributed by atoms with Crippen molar-refractivity contribution in [2.45, 2.75) is 19.4 Å². The lowest BCUT2D eigenvalue weighted by Gasteiger charge is -2.20. The van der Waals surface area contributed by atoms with Crippen molar-refractivity contribution in [1.29, 1.82) is 0 Å². The highest BCUT2D eigenvalue weighted by Gasteiger charge is 2.22. The van der Waals surface area contributed by atoms with Gasteiger partial charge in [-0.1, -0.05) is 12.1 Å². The third-order valence-corrected chi connectivity index (χ3v) is 3.74. The van der Waals surface area contributed by atoms with Gasteiger partial charge in [0.15, 0.2) is 0 Å². The van der Waals surface area contributed by atoms with Gasteiger partial charge in [0, 0.05) is 36.0 Å². The second kappa shape index (κ2) is 5.45. The lowest BCUT2D eigenvalue weighted by atomic mass is 10.0. The van der Waals surface area contributed by atoms with Gasteiger partial charge in [-0.3, -0.25) is 5.10 Å². The summed E-state index contributed by atoms with van der Waals surface area (Å²) in [4.78, 5) is 0. The van der Waals surface area contributed by atoms with Crippen molar-refractivity contribution in [1.82, 2.24) is 10.2 Å². The maximum absolute atomic E-state index is 5.45. The molecule has 1 saturated heterocycles. The lowest BCUT2D eigenvalue weighted by molar-refractivity contribution is 0.183. The van der Waals surface area contributed by atoms with Gasteiger partial charge in [-0.2, -0.15) is 5.10 Å². The van der Waals surface area contributed by atoms with Crippen molar-refractivity contribution in [3.63, 3.8) is 0 Å². The van der Waals surface area contributed by atoms with Gasteiger partial charge in [0.05, 0.1) is 12.3 Å². The Labute approximate surface area is 113 Å². The van der Waals surface area contributed by atoms with E-state index < -0.39 is 0 Å². The summed E-state index contributed by atoms with van der Waals surface area (Å²) in [5.74, 6) is 0.607. The fourth-order valence-corrected chi connectivity index (χ4v) is 2.52. The van der Waals surface area contributed by atoms with E-state index in [1.54, 1.807) is 6.20 Å². The highest BCUT2D eigenvalue weighted by Crippen LogP contribution is 2.24. The number of ether oxygens (including phenoxy) is 1. The zero-order valence-corrected chi connectivity index (χ0v) is 11.1. The van der Waals surface area contributed by atoms with Gasteiger partial charge in [-0.25, -0.2) is 0 Å². The molecule has 0 spiro atoms. The molecule has 1 aliphatic rings. The molecule has 1 aromatic carbocycles. The van der Waals surface area contributed by atoms with Crippen LogP contribution in [0.5, 0.6) is 0 Å². The van der Waals surface area contributed by atoms with Crippen LogP contribution in [0.2, 0.25) is 0 Å². The van der Waals surface area contributed by atoms with Crippen molar-refractivity contribution in [3.8, 4) is 11.3 Å². The van der Waals surface area contributed by atoms with Crippen LogP contribution in [0, 0.1) is 5.92 Å². The molecule has 3 rings (SSSR count). The van der Waals surface area contributed by atoms with Gasteiger partial charge in [0.1, 0.15) is 0 Å². The highest BCUT2D eigenvalue weighted by atomic mass is 16.5. The first-order valence-electron chi connectivity index (χ1n) is 6.77. The molecule has 0 amide bonds. The van der Waals surface area contributed by atoms with Crippen molar-refractivity contribution in [2.24, 2.45) is 5.92 Å². The number of rotatable bonds is 4. The average molecular weight is 257 g/mol. The van der Waals surface area contributed by atoms with E-state index in [1.807, 2.05) is 6.07 Å². The van der Waals surface area contributed by atoms with E-state index in [0.29, 0.717) is 12.0 Å². The summed E-state index contributed by atoms with van der Waals surface area (Å²) in [5, 5.41) is 10.6. The summed E-state index contributed by atoms with van der Waals surface area (Å²) >= 11 is 0. The molecule has 0 bridgehead atoms. The SMILES string of the molecule is C[C@@H](Nc1cccc(-c2ccn[nH]2)c1)[C@@H]1CCOC1. The van der Waals surface area contributed by atoms with E-state index in [1.165, 1.54) is 0 Å². The fraction of sp³-hybridized carbons (Fsp3) is 0.400. The summed E-state index contributed by atoms with van der Waals surface area (Å²) < 4.78 is 5.45. The zero-order chi connectivity index (χ0) is 13.1. The Morgan fingerprint density at radius 3 is 3.11 bits per heavy atom. The van der Waals surface area contributed by atoms with Crippen LogP contribution in [0.1, 0.15) is 13.3 Å². The minimum Gasteiger partial charge on any atom is -0.382 e. The molecular formula is C15H19N3O. The second-order valence-electron chi connectivity index (χ2n) is 5.11. The number of anilines is 1. The molecular weight excluding hydrogens is 238 g/mol. The Bertz CT molecular complexity index is 518. The van der Waals surface area contributed by atoms with E-state index >= 15 is 0 Å². The van der Waals surface area contributed by atoms with Gasteiger partial charge in [0.25, 0.3) is 0 Å². The summed E-state index contributed by atoms with van der Waals surface area (Å²) in [7, 11) is 0. The minimum atomic E-state index is 0.430. The van der Waals surface area contributed by atoms with Crippen LogP contribution >= 0.6 is 0 Å². The Balaban J connectivity index is 1.72. The zero-order valence-electron chi connectivity index (χ0n) is 11.1. The molecule has 0 aliphatic carbocycles. The largest absolute Gasteiger partial charge is 0.382 e. The Morgan fingerprint density at radius 1 is 1.42 bits per heavy atom. The molecule has 2 heterocycles. The van der Waals surface area contributed by atoms with Crippen LogP contribution in [0.15, 0.2) is 36.5 Å². The Morgan fingerprint density at radius 2 is 2.37 bits per heavy atom. The van der Waals surface area contributed by atoms with Crippen LogP contribution in [-0.4, -0.2) is 29.5 Å². The Kier molecular flexibility index (Phi) is 3.51. The van der Waals surface area contributed by atoms with Gasteiger partial charge >= 0.3 is 0 Å². The van der Waals surface area contributed by atoms with Crippen LogP contribution in [0.4, 0.5) is 5.69 Å². The quantitative estimate of drug-likeness (QED) is 0.885. The Hall–Kier alpha value is -1.81. The van der Waals surface area contributed by atoms with Crippen molar-refractivity contribution < 1.29 is 4.74 Å². The van der Waals surface area contributed by atoms with Gasteiger partial charge in [-0.15, -0.1) is 0 Å². The molecule has 2 aromatic rings. The van der Waals surface area contributed by atoms with E-state index in [-0.39, 0.29) is 0 Å². The van der Waals surface area contributed by atoms with Crippen molar-refractivity contribution in [3.05, 3.63) is 36.5 Å².